The van der Waals surface area contributed by atoms with Crippen LogP contribution in [0.5, 0.6) is 0 Å². The molecule has 22 nitrogen and oxygen atoms in total. The Balaban J connectivity index is 0.00000208. The summed E-state index contributed by atoms with van der Waals surface area (Å²) in [6.45, 7) is -8.59. The minimum atomic E-state index is -3.98. The van der Waals surface area contributed by atoms with Gasteiger partial charge >= 0.3 is 6.72 Å². The fourth-order valence-corrected chi connectivity index (χ4v) is 8.85. The van der Waals surface area contributed by atoms with Crippen molar-refractivity contribution in [2.45, 2.75) is 49.0 Å². The number of thiol groups is 1. The number of ether oxygens (including phenoxy) is 2. The predicted octanol–water partition coefficient (Wildman–Crippen LogP) is -1.11. The van der Waals surface area contributed by atoms with Gasteiger partial charge in [-0.15, -0.1) is 0 Å². The number of rotatable bonds is 2. The minimum absolute atomic E-state index is 0. The molecule has 0 aliphatic carbocycles. The van der Waals surface area contributed by atoms with Gasteiger partial charge in [-0.2, -0.15) is 0 Å². The highest BCUT2D eigenvalue weighted by Crippen LogP contribution is 2.52. The number of aliphatic hydroxyl groups excluding tert-OH is 2. The largest absolute Gasteiger partial charge is 0.387 e. The van der Waals surface area contributed by atoms with Gasteiger partial charge in [0, 0.05) is 0 Å². The molecule has 46 heavy (non-hydrogen) atoms. The smallest absolute Gasteiger partial charge is 0.324 e. The number of nitrogens with two attached hydrogens (primary N) is 2. The first-order chi connectivity index (χ1) is 20.9. The lowest BCUT2D eigenvalue weighted by molar-refractivity contribution is -0.0467. The number of fused-ring (bicyclic) bond motifs is 4. The molecular formula is C20H32N14O8P2S2. The zero-order valence-electron chi connectivity index (χ0n) is 23.6. The summed E-state index contributed by atoms with van der Waals surface area (Å²) in [5, 5.41) is 28.2. The molecule has 15 N–H and O–H groups in total. The monoisotopic (exact) mass is 722 g/mol. The summed E-state index contributed by atoms with van der Waals surface area (Å²) in [5.41, 5.74) is 12.9. The maximum absolute atomic E-state index is 13.5. The Morgan fingerprint density at radius 2 is 1.28 bits per heavy atom. The maximum atomic E-state index is 13.5. The van der Waals surface area contributed by atoms with Gasteiger partial charge in [0.05, 0.1) is 38.0 Å². The summed E-state index contributed by atoms with van der Waals surface area (Å²) in [7, 11) is 0. The van der Waals surface area contributed by atoms with Crippen LogP contribution >= 0.6 is 25.6 Å². The van der Waals surface area contributed by atoms with E-state index in [1.165, 1.54) is 34.4 Å². The van der Waals surface area contributed by atoms with Gasteiger partial charge in [0.2, 0.25) is 0 Å². The molecule has 3 aliphatic rings. The van der Waals surface area contributed by atoms with Gasteiger partial charge in [0.15, 0.2) is 35.4 Å². The van der Waals surface area contributed by atoms with Crippen LogP contribution in [-0.2, 0) is 34.9 Å². The first kappa shape index (κ1) is 34.8. The van der Waals surface area contributed by atoms with Crippen LogP contribution in [0.4, 0.5) is 11.6 Å². The van der Waals surface area contributed by atoms with Crippen LogP contribution in [0.15, 0.2) is 25.3 Å². The summed E-state index contributed by atoms with van der Waals surface area (Å²) in [6.07, 6.45) is -1.74. The second kappa shape index (κ2) is 12.8. The molecule has 0 bridgehead atoms. The predicted molar refractivity (Wildman–Crippen MR) is 168 cm³/mol. The van der Waals surface area contributed by atoms with Gasteiger partial charge in [0.1, 0.15) is 48.1 Å². The van der Waals surface area contributed by atoms with Crippen molar-refractivity contribution in [1.29, 1.82) is 0 Å². The molecule has 4 aromatic rings. The van der Waals surface area contributed by atoms with Gasteiger partial charge in [-0.3, -0.25) is 13.7 Å². The quantitative estimate of drug-likeness (QED) is 0.0865. The van der Waals surface area contributed by atoms with Crippen molar-refractivity contribution in [2.75, 3.05) is 24.7 Å². The highest BCUT2D eigenvalue weighted by molar-refractivity contribution is 8.45. The number of hydrogen-bond acceptors (Lipinski definition) is 18. The molecular weight excluding hydrogens is 690 g/mol. The Morgan fingerprint density at radius 1 is 0.826 bits per heavy atom. The van der Waals surface area contributed by atoms with Crippen molar-refractivity contribution in [1.82, 2.24) is 61.5 Å². The van der Waals surface area contributed by atoms with Gasteiger partial charge in [-0.05, 0) is 11.8 Å². The van der Waals surface area contributed by atoms with E-state index in [2.05, 4.69) is 52.3 Å². The molecule has 26 heteroatoms. The molecule has 3 saturated heterocycles. The van der Waals surface area contributed by atoms with E-state index >= 15 is 0 Å². The molecule has 0 saturated carbocycles. The summed E-state index contributed by atoms with van der Waals surface area (Å²) < 4.78 is 40.0. The molecule has 3 fully saturated rings. The zero-order chi connectivity index (χ0) is 31.0. The number of nitrogens with one attached hydrogen (secondary N) is 2. The Hall–Kier alpha value is -2.51. The third kappa shape index (κ3) is 6.11. The highest BCUT2D eigenvalue weighted by Gasteiger charge is 2.51. The Kier molecular flexibility index (Phi) is 9.71. The fourth-order valence-electron chi connectivity index (χ4n) is 5.46. The first-order valence-electron chi connectivity index (χ1n) is 13.0. The van der Waals surface area contributed by atoms with Crippen LogP contribution in [0.3, 0.4) is 0 Å². The molecule has 2 unspecified atom stereocenters. The van der Waals surface area contributed by atoms with E-state index in [4.69, 9.17) is 41.8 Å². The first-order valence-corrected chi connectivity index (χ1v) is 18.4. The minimum Gasteiger partial charge on any atom is -0.387 e. The van der Waals surface area contributed by atoms with Crippen LogP contribution in [0.25, 0.3) is 22.3 Å². The van der Waals surface area contributed by atoms with Gasteiger partial charge in [-0.25, -0.2) is 40.1 Å². The summed E-state index contributed by atoms with van der Waals surface area (Å²) in [5.74, 6) is 0.261. The van der Waals surface area contributed by atoms with E-state index in [1.54, 1.807) is 0 Å². The van der Waals surface area contributed by atoms with Crippen LogP contribution < -0.4 is 33.9 Å². The Bertz CT molecular complexity index is 1710. The number of aromatic nitrogens is 8. The summed E-state index contributed by atoms with van der Waals surface area (Å²) >= 11 is 9.59. The number of imidazole rings is 2. The fraction of sp³-hybridized carbons (Fsp3) is 0.500. The van der Waals surface area contributed by atoms with Crippen molar-refractivity contribution in [3.05, 3.63) is 25.3 Å². The molecule has 0 spiro atoms. The number of hydrogen-bond donors (Lipinski definition) is 10. The van der Waals surface area contributed by atoms with Gasteiger partial charge < -0.3 is 57.4 Å². The van der Waals surface area contributed by atoms with Crippen LogP contribution in [-0.4, -0.2) is 104 Å². The van der Waals surface area contributed by atoms with E-state index in [0.717, 1.165) is 0 Å². The van der Waals surface area contributed by atoms with Crippen LogP contribution in [0, 0.1) is 0 Å². The highest BCUT2D eigenvalue weighted by atomic mass is 32.7. The van der Waals surface area contributed by atoms with E-state index in [-0.39, 0.29) is 41.8 Å². The van der Waals surface area contributed by atoms with Crippen molar-refractivity contribution < 1.29 is 38.2 Å². The molecule has 7 rings (SSSR count). The maximum Gasteiger partial charge on any atom is 0.324 e. The topological polar surface area (TPSA) is 348 Å². The third-order valence-corrected chi connectivity index (χ3v) is 11.1. The SMILES string of the molecule is N.N.Nc1ncnc2c1ncn2[C@@H]1O[C@@H]2COP(O)(=S)N[C@H]3[C@@H](O)[C@H](n4cnc5c(N)ncnc54)O[C@@H]3COP(=O)(S)N[C@H]2[C@H]1O. The third-order valence-electron chi connectivity index (χ3n) is 7.52. The van der Waals surface area contributed by atoms with Crippen molar-refractivity contribution >= 4 is 71.4 Å². The van der Waals surface area contributed by atoms with Crippen molar-refractivity contribution in [3.8, 4) is 0 Å². The second-order valence-electron chi connectivity index (χ2n) is 10.2. The summed E-state index contributed by atoms with van der Waals surface area (Å²) in [4.78, 5) is 35.7. The zero-order valence-corrected chi connectivity index (χ0v) is 27.1. The average Bonchev–Trinajstić information content (AvgIpc) is 3.73. The molecule has 0 aromatic carbocycles. The number of aliphatic hydroxyl groups is 2. The van der Waals surface area contributed by atoms with Crippen molar-refractivity contribution in [3.63, 3.8) is 0 Å². The lowest BCUT2D eigenvalue weighted by atomic mass is 10.1. The lowest BCUT2D eigenvalue weighted by Crippen LogP contribution is -2.47. The van der Waals surface area contributed by atoms with E-state index < -0.39 is 68.9 Å². The number of nitrogen functional groups attached to an aromatic ring is 2. The van der Waals surface area contributed by atoms with Crippen molar-refractivity contribution in [2.24, 2.45) is 0 Å². The molecule has 252 valence electrons. The molecule has 0 radical (unpaired) electrons. The second-order valence-corrected chi connectivity index (χ2v) is 16.4. The molecule has 4 aromatic heterocycles. The van der Waals surface area contributed by atoms with E-state index in [0.29, 0.717) is 11.0 Å². The number of nitrogens with zero attached hydrogens (tertiary/aromatic N) is 8. The lowest BCUT2D eigenvalue weighted by Gasteiger charge is -2.31. The average molecular weight is 723 g/mol. The van der Waals surface area contributed by atoms with E-state index in [1.807, 2.05) is 0 Å². The van der Waals surface area contributed by atoms with Crippen LogP contribution in [0.1, 0.15) is 12.5 Å². The van der Waals surface area contributed by atoms with Gasteiger partial charge in [-0.1, -0.05) is 12.2 Å². The Morgan fingerprint density at radius 3 is 1.78 bits per heavy atom. The molecule has 3 aliphatic heterocycles. The standard InChI is InChI=1S/C20H26N12O8P2S2.2H3N/c21-15-11-17(25-3-23-15)31(5-27-11)19-13(33)9-7(39-19)1-37-41(35,43)30-10-8(2-38-42(36,44)29-9)40-20(14(10)34)32-6-28-12-16(22)24-4-26-18(12)32;;/h3-10,13-14,19-20,33-34H,1-2H2,(H2,21,23,25)(H2,22,24,26)(H2,29,36,44)(H2,30,35,43);2*1H3/t7-,8-,9-,10-,13-,14-,19-,20-,41?,42?;;/m1../s1. The molecule has 0 amide bonds. The number of anilines is 2. The summed E-state index contributed by atoms with van der Waals surface area (Å²) in [6, 6.07) is -2.16. The van der Waals surface area contributed by atoms with E-state index in [9.17, 15) is 19.7 Å². The molecule has 7 heterocycles. The molecule has 10 atom stereocenters. The van der Waals surface area contributed by atoms with Crippen LogP contribution in [0.2, 0.25) is 0 Å². The normalized spacial score (nSPS) is 36.6. The Labute approximate surface area is 269 Å². The van der Waals surface area contributed by atoms with Gasteiger partial charge in [0.25, 0.3) is 6.64 Å².